The van der Waals surface area contributed by atoms with Gasteiger partial charge in [-0.3, -0.25) is 4.79 Å². The molecule has 2 atom stereocenters. The van der Waals surface area contributed by atoms with Gasteiger partial charge in [0.05, 0.1) is 12.7 Å². The summed E-state index contributed by atoms with van der Waals surface area (Å²) in [5, 5.41) is 18.9. The number of methoxy groups -OCH3 is 1. The van der Waals surface area contributed by atoms with Crippen molar-refractivity contribution in [2.24, 2.45) is 5.92 Å². The molecule has 0 spiro atoms. The van der Waals surface area contributed by atoms with Crippen LogP contribution in [0, 0.1) is 5.92 Å². The van der Waals surface area contributed by atoms with Crippen molar-refractivity contribution in [3.8, 4) is 11.1 Å². The number of carbonyl (C=O) groups is 2. The standard InChI is InChI=1S/C34H43ClN4O4/c1-23(2)26-8-5-9-27(20-26)30-29(15-18-37-31(30)35)34(42,16-7-17-38-33(41)43-4)28-10-6-19-39(22-28)32(40)25-13-11-24(12-14-25)21-36-3/h5,8-9,11-15,18,20,23,28,36,42H,6-7,10,16-17,19,21-22H2,1-4H3,(H,38,41). The monoisotopic (exact) mass is 606 g/mol. The third kappa shape index (κ3) is 7.74. The third-order valence-electron chi connectivity index (χ3n) is 8.37. The van der Waals surface area contributed by atoms with E-state index in [0.29, 0.717) is 60.2 Å². The molecule has 2 amide bonds. The minimum absolute atomic E-state index is 0.0481. The first-order chi connectivity index (χ1) is 20.7. The Morgan fingerprint density at radius 1 is 1.19 bits per heavy atom. The molecule has 9 heteroatoms. The van der Waals surface area contributed by atoms with E-state index in [1.807, 2.05) is 54.4 Å². The fraction of sp³-hybridized carbons (Fsp3) is 0.441. The second kappa shape index (κ2) is 14.8. The van der Waals surface area contributed by atoms with Crippen molar-refractivity contribution in [1.82, 2.24) is 20.5 Å². The predicted octanol–water partition coefficient (Wildman–Crippen LogP) is 6.12. The topological polar surface area (TPSA) is 104 Å². The lowest BCUT2D eigenvalue weighted by molar-refractivity contribution is -0.0563. The first-order valence-corrected chi connectivity index (χ1v) is 15.4. The number of aliphatic hydroxyl groups is 1. The largest absolute Gasteiger partial charge is 0.453 e. The molecule has 1 aliphatic rings. The zero-order valence-corrected chi connectivity index (χ0v) is 26.3. The number of hydrogen-bond donors (Lipinski definition) is 3. The lowest BCUT2D eigenvalue weighted by Gasteiger charge is -2.43. The number of pyridine rings is 1. The van der Waals surface area contributed by atoms with E-state index >= 15 is 0 Å². The summed E-state index contributed by atoms with van der Waals surface area (Å²) in [4.78, 5) is 31.6. The Labute approximate surface area is 259 Å². The molecule has 1 aromatic heterocycles. The number of ether oxygens (including phenoxy) is 1. The SMILES string of the molecule is CNCc1ccc(C(=O)N2CCCC(C(O)(CCCNC(=O)OC)c3ccnc(Cl)c3-c3cccc(C(C)C)c3)C2)cc1. The number of benzene rings is 2. The summed E-state index contributed by atoms with van der Waals surface area (Å²) in [6.07, 6.45) is 3.44. The molecule has 8 nitrogen and oxygen atoms in total. The van der Waals surface area contributed by atoms with Crippen molar-refractivity contribution in [2.45, 2.75) is 57.6 Å². The van der Waals surface area contributed by atoms with Gasteiger partial charge in [0.1, 0.15) is 5.15 Å². The number of amides is 2. The summed E-state index contributed by atoms with van der Waals surface area (Å²) in [5.74, 6) is -0.00207. The van der Waals surface area contributed by atoms with Gasteiger partial charge in [0.15, 0.2) is 0 Å². The highest BCUT2D eigenvalue weighted by Crippen LogP contribution is 2.45. The van der Waals surface area contributed by atoms with Gasteiger partial charge in [-0.15, -0.1) is 0 Å². The second-order valence-corrected chi connectivity index (χ2v) is 11.9. The highest BCUT2D eigenvalue weighted by atomic mass is 35.5. The van der Waals surface area contributed by atoms with Gasteiger partial charge in [0.2, 0.25) is 0 Å². The Kier molecular flexibility index (Phi) is 11.2. The summed E-state index contributed by atoms with van der Waals surface area (Å²) in [6, 6.07) is 17.7. The van der Waals surface area contributed by atoms with Crippen molar-refractivity contribution in [1.29, 1.82) is 0 Å². The average molecular weight is 607 g/mol. The van der Waals surface area contributed by atoms with Gasteiger partial charge in [-0.25, -0.2) is 9.78 Å². The number of hydrogen-bond acceptors (Lipinski definition) is 6. The molecule has 1 saturated heterocycles. The number of aromatic nitrogens is 1. The van der Waals surface area contributed by atoms with E-state index in [1.54, 1.807) is 6.20 Å². The molecular weight excluding hydrogens is 564 g/mol. The quantitative estimate of drug-likeness (QED) is 0.179. The number of likely N-dealkylation sites (tertiary alicyclic amines) is 1. The molecule has 0 radical (unpaired) electrons. The molecule has 3 N–H and O–H groups in total. The lowest BCUT2D eigenvalue weighted by atomic mass is 9.72. The van der Waals surface area contributed by atoms with Crippen LogP contribution < -0.4 is 10.6 Å². The molecule has 0 aliphatic carbocycles. The third-order valence-corrected chi connectivity index (χ3v) is 8.65. The van der Waals surface area contributed by atoms with Gasteiger partial charge in [0.25, 0.3) is 5.91 Å². The minimum Gasteiger partial charge on any atom is -0.453 e. The van der Waals surface area contributed by atoms with Crippen molar-refractivity contribution in [3.05, 3.63) is 88.2 Å². The zero-order chi connectivity index (χ0) is 31.0. The highest BCUT2D eigenvalue weighted by Gasteiger charge is 2.43. The van der Waals surface area contributed by atoms with Crippen LogP contribution >= 0.6 is 11.6 Å². The smallest absolute Gasteiger partial charge is 0.406 e. The van der Waals surface area contributed by atoms with Crippen molar-refractivity contribution >= 4 is 23.6 Å². The molecule has 1 aliphatic heterocycles. The molecule has 2 aromatic carbocycles. The average Bonchev–Trinajstić information content (AvgIpc) is 3.03. The van der Waals surface area contributed by atoms with Crippen LogP contribution in [0.3, 0.4) is 0 Å². The van der Waals surface area contributed by atoms with Crippen molar-refractivity contribution in [2.75, 3.05) is 33.8 Å². The van der Waals surface area contributed by atoms with Crippen LogP contribution in [0.25, 0.3) is 11.1 Å². The first kappa shape index (κ1) is 32.5. The maximum absolute atomic E-state index is 13.6. The van der Waals surface area contributed by atoms with E-state index in [4.69, 9.17) is 16.3 Å². The fourth-order valence-electron chi connectivity index (χ4n) is 6.01. The van der Waals surface area contributed by atoms with E-state index in [0.717, 1.165) is 36.1 Å². The summed E-state index contributed by atoms with van der Waals surface area (Å²) < 4.78 is 4.72. The molecule has 2 unspecified atom stereocenters. The Balaban J connectivity index is 1.70. The van der Waals surface area contributed by atoms with E-state index in [2.05, 4.69) is 41.6 Å². The number of carbonyl (C=O) groups excluding carboxylic acids is 2. The maximum Gasteiger partial charge on any atom is 0.406 e. The number of piperidine rings is 1. The van der Waals surface area contributed by atoms with Crippen molar-refractivity contribution in [3.63, 3.8) is 0 Å². The van der Waals surface area contributed by atoms with E-state index < -0.39 is 11.7 Å². The summed E-state index contributed by atoms with van der Waals surface area (Å²) >= 11 is 6.79. The molecule has 4 rings (SSSR count). The zero-order valence-electron chi connectivity index (χ0n) is 25.5. The molecular formula is C34H43ClN4O4. The molecule has 2 heterocycles. The normalized spacial score (nSPS) is 16.5. The summed E-state index contributed by atoms with van der Waals surface area (Å²) in [5.41, 5.74) is 3.81. The highest BCUT2D eigenvalue weighted by molar-refractivity contribution is 6.32. The second-order valence-electron chi connectivity index (χ2n) is 11.6. The number of nitrogens with one attached hydrogen (secondary N) is 2. The lowest BCUT2D eigenvalue weighted by Crippen LogP contribution is -2.48. The number of nitrogens with zero attached hydrogens (tertiary/aromatic N) is 2. The Morgan fingerprint density at radius 2 is 1.95 bits per heavy atom. The van der Waals surface area contributed by atoms with Crippen LogP contribution in [0.4, 0.5) is 4.79 Å². The molecule has 3 aromatic rings. The van der Waals surface area contributed by atoms with E-state index in [1.165, 1.54) is 7.11 Å². The molecule has 1 fully saturated rings. The van der Waals surface area contributed by atoms with E-state index in [-0.39, 0.29) is 11.8 Å². The molecule has 0 saturated carbocycles. The van der Waals surface area contributed by atoms with Gasteiger partial charge in [-0.2, -0.15) is 0 Å². The number of rotatable bonds is 11. The van der Waals surface area contributed by atoms with Gasteiger partial charge in [-0.05, 0) is 79.1 Å². The number of halogens is 1. The fourth-order valence-corrected chi connectivity index (χ4v) is 6.27. The van der Waals surface area contributed by atoms with Gasteiger partial charge < -0.3 is 25.4 Å². The van der Waals surface area contributed by atoms with Crippen LogP contribution in [-0.2, 0) is 16.9 Å². The predicted molar refractivity (Wildman–Crippen MR) is 170 cm³/mol. The van der Waals surface area contributed by atoms with Crippen LogP contribution in [0.5, 0.6) is 0 Å². The minimum atomic E-state index is -1.34. The summed E-state index contributed by atoms with van der Waals surface area (Å²) in [7, 11) is 3.21. The molecule has 43 heavy (non-hydrogen) atoms. The van der Waals surface area contributed by atoms with Crippen molar-refractivity contribution < 1.29 is 19.4 Å². The van der Waals surface area contributed by atoms with Gasteiger partial charge in [-0.1, -0.05) is 61.8 Å². The van der Waals surface area contributed by atoms with Crippen LogP contribution in [0.1, 0.15) is 72.5 Å². The summed E-state index contributed by atoms with van der Waals surface area (Å²) in [6.45, 7) is 6.35. The molecule has 0 bridgehead atoms. The maximum atomic E-state index is 13.6. The van der Waals surface area contributed by atoms with Crippen LogP contribution in [0.15, 0.2) is 60.8 Å². The van der Waals surface area contributed by atoms with E-state index in [9.17, 15) is 14.7 Å². The Morgan fingerprint density at radius 3 is 2.65 bits per heavy atom. The number of alkyl carbamates (subject to hydrolysis) is 1. The Hall–Kier alpha value is -3.46. The van der Waals surface area contributed by atoms with Crippen LogP contribution in [0.2, 0.25) is 5.15 Å². The first-order valence-electron chi connectivity index (χ1n) is 15.0. The van der Waals surface area contributed by atoms with Gasteiger partial charge in [0, 0.05) is 49.4 Å². The molecule has 230 valence electrons. The Bertz CT molecular complexity index is 1400. The van der Waals surface area contributed by atoms with Gasteiger partial charge >= 0.3 is 6.09 Å². The van der Waals surface area contributed by atoms with Crippen LogP contribution in [-0.4, -0.2) is 60.8 Å².